The van der Waals surface area contributed by atoms with Gasteiger partial charge in [0.05, 0.1) is 6.26 Å². The van der Waals surface area contributed by atoms with E-state index in [-0.39, 0.29) is 5.54 Å². The minimum atomic E-state index is -3.67. The fraction of sp³-hybridized carbons (Fsp3) is 1.00. The molecule has 0 saturated heterocycles. The van der Waals surface area contributed by atoms with Crippen molar-refractivity contribution in [3.8, 4) is 0 Å². The van der Waals surface area contributed by atoms with Crippen molar-refractivity contribution >= 4 is 10.1 Å². The molecule has 0 radical (unpaired) electrons. The van der Waals surface area contributed by atoms with E-state index in [9.17, 15) is 8.42 Å². The summed E-state index contributed by atoms with van der Waals surface area (Å²) in [5.41, 5.74) is 7.12. The van der Waals surface area contributed by atoms with Crippen molar-refractivity contribution < 1.29 is 13.0 Å². The van der Waals surface area contributed by atoms with Crippen molar-refractivity contribution in [2.45, 2.75) is 59.4 Å². The van der Waals surface area contributed by atoms with E-state index in [0.717, 1.165) is 12.8 Å². The third kappa shape index (κ3) is 9.56. The lowest BCUT2D eigenvalue weighted by Crippen LogP contribution is -2.49. The zero-order valence-corrected chi connectivity index (χ0v) is 12.7. The summed E-state index contributed by atoms with van der Waals surface area (Å²) in [6.07, 6.45) is 4.33. The van der Waals surface area contributed by atoms with E-state index in [1.54, 1.807) is 0 Å². The van der Waals surface area contributed by atoms with E-state index in [4.69, 9.17) is 10.3 Å². The third-order valence-corrected chi connectivity index (χ3v) is 2.72. The molecule has 17 heavy (non-hydrogen) atoms. The average molecular weight is 265 g/mol. The second-order valence-corrected chi connectivity index (χ2v) is 8.71. The van der Waals surface area contributed by atoms with Crippen LogP contribution in [0.1, 0.15) is 53.9 Å². The van der Waals surface area contributed by atoms with Crippen molar-refractivity contribution in [2.75, 3.05) is 6.26 Å². The maximum atomic E-state index is 9.19. The first-order valence-electron chi connectivity index (χ1n) is 5.83. The molecular weight excluding hydrogens is 238 g/mol. The van der Waals surface area contributed by atoms with Gasteiger partial charge in [-0.2, -0.15) is 8.42 Å². The molecule has 0 aromatic rings. The van der Waals surface area contributed by atoms with Gasteiger partial charge in [-0.05, 0) is 37.0 Å². The van der Waals surface area contributed by atoms with Crippen LogP contribution in [0, 0.1) is 10.8 Å². The fourth-order valence-electron chi connectivity index (χ4n) is 3.67. The van der Waals surface area contributed by atoms with E-state index in [1.807, 2.05) is 0 Å². The van der Waals surface area contributed by atoms with Gasteiger partial charge in [0.1, 0.15) is 0 Å². The van der Waals surface area contributed by atoms with Crippen LogP contribution >= 0.6 is 0 Å². The van der Waals surface area contributed by atoms with Crippen LogP contribution in [0.5, 0.6) is 0 Å². The van der Waals surface area contributed by atoms with Gasteiger partial charge >= 0.3 is 0 Å². The Labute approximate surface area is 106 Å². The summed E-state index contributed by atoms with van der Waals surface area (Å²) in [4.78, 5) is 0. The Bertz CT molecular complexity index is 303. The second-order valence-electron chi connectivity index (χ2n) is 7.25. The Kier molecular flexibility index (Phi) is 4.82. The summed E-state index contributed by atoms with van der Waals surface area (Å²) in [5, 5.41) is 0. The summed E-state index contributed by atoms with van der Waals surface area (Å²) >= 11 is 0. The molecule has 1 saturated carbocycles. The molecule has 1 aliphatic carbocycles. The van der Waals surface area contributed by atoms with Crippen LogP contribution in [0.25, 0.3) is 0 Å². The van der Waals surface area contributed by atoms with Gasteiger partial charge in [-0.15, -0.1) is 0 Å². The SMILES string of the molecule is CC1(C)CC(C)(C)CC(C)(N)C1.CS(=O)(=O)O. The molecule has 104 valence electrons. The van der Waals surface area contributed by atoms with E-state index in [2.05, 4.69) is 34.6 Å². The molecule has 0 heterocycles. The average Bonchev–Trinajstić information content (AvgIpc) is 1.65. The van der Waals surface area contributed by atoms with Crippen LogP contribution in [-0.2, 0) is 10.1 Å². The number of rotatable bonds is 0. The summed E-state index contributed by atoms with van der Waals surface area (Å²) in [6.45, 7) is 11.5. The van der Waals surface area contributed by atoms with Gasteiger partial charge in [0.25, 0.3) is 10.1 Å². The molecule has 5 heteroatoms. The summed E-state index contributed by atoms with van der Waals surface area (Å²) in [6, 6.07) is 0. The van der Waals surface area contributed by atoms with Crippen molar-refractivity contribution in [2.24, 2.45) is 16.6 Å². The van der Waals surface area contributed by atoms with Crippen LogP contribution in [0.15, 0.2) is 0 Å². The quantitative estimate of drug-likeness (QED) is 0.659. The van der Waals surface area contributed by atoms with Gasteiger partial charge in [0.2, 0.25) is 0 Å². The second kappa shape index (κ2) is 4.86. The number of hydrogen-bond donors (Lipinski definition) is 2. The minimum Gasteiger partial charge on any atom is -0.325 e. The highest BCUT2D eigenvalue weighted by atomic mass is 32.2. The molecular formula is C12H27NO3S. The molecule has 0 aromatic heterocycles. The van der Waals surface area contributed by atoms with Gasteiger partial charge in [-0.1, -0.05) is 27.7 Å². The molecule has 0 aromatic carbocycles. The smallest absolute Gasteiger partial charge is 0.261 e. The van der Waals surface area contributed by atoms with Crippen molar-refractivity contribution in [1.82, 2.24) is 0 Å². The Morgan fingerprint density at radius 2 is 1.18 bits per heavy atom. The summed E-state index contributed by atoms with van der Waals surface area (Å²) < 4.78 is 25.9. The lowest BCUT2D eigenvalue weighted by atomic mass is 9.59. The summed E-state index contributed by atoms with van der Waals surface area (Å²) in [5.74, 6) is 0. The standard InChI is InChI=1S/C11H23N.CH4O3S/c1-9(2)6-10(3,4)8-11(5,12)7-9;1-5(2,3)4/h6-8,12H2,1-5H3;1H3,(H,2,3,4). The van der Waals surface area contributed by atoms with Crippen molar-refractivity contribution in [1.29, 1.82) is 0 Å². The molecule has 1 rings (SSSR count). The Morgan fingerprint density at radius 3 is 1.35 bits per heavy atom. The Hall–Kier alpha value is -0.130. The maximum absolute atomic E-state index is 9.19. The van der Waals surface area contributed by atoms with Gasteiger partial charge in [0.15, 0.2) is 0 Å². The molecule has 1 aliphatic rings. The molecule has 0 amide bonds. The van der Waals surface area contributed by atoms with Crippen LogP contribution < -0.4 is 5.73 Å². The van der Waals surface area contributed by atoms with Gasteiger partial charge in [0, 0.05) is 5.54 Å². The van der Waals surface area contributed by atoms with Crippen molar-refractivity contribution in [3.05, 3.63) is 0 Å². The van der Waals surface area contributed by atoms with Gasteiger partial charge in [-0.3, -0.25) is 4.55 Å². The highest BCUT2D eigenvalue weighted by molar-refractivity contribution is 7.85. The van der Waals surface area contributed by atoms with E-state index in [0.29, 0.717) is 17.1 Å². The zero-order chi connectivity index (χ0) is 14.1. The first kappa shape index (κ1) is 16.9. The minimum absolute atomic E-state index is 0.0469. The highest BCUT2D eigenvalue weighted by Gasteiger charge is 2.42. The van der Waals surface area contributed by atoms with E-state index < -0.39 is 10.1 Å². The topological polar surface area (TPSA) is 80.4 Å². The molecule has 0 atom stereocenters. The van der Waals surface area contributed by atoms with Crippen LogP contribution in [-0.4, -0.2) is 24.8 Å². The largest absolute Gasteiger partial charge is 0.325 e. The number of nitrogens with two attached hydrogens (primary N) is 1. The first-order chi connectivity index (χ1) is 7.12. The first-order valence-corrected chi connectivity index (χ1v) is 7.68. The van der Waals surface area contributed by atoms with E-state index >= 15 is 0 Å². The molecule has 1 fully saturated rings. The van der Waals surface area contributed by atoms with E-state index in [1.165, 1.54) is 6.42 Å². The van der Waals surface area contributed by atoms with Crippen LogP contribution in [0.4, 0.5) is 0 Å². The Morgan fingerprint density at radius 1 is 0.941 bits per heavy atom. The van der Waals surface area contributed by atoms with Gasteiger partial charge in [-0.25, -0.2) is 0 Å². The molecule has 0 bridgehead atoms. The highest BCUT2D eigenvalue weighted by Crippen LogP contribution is 2.48. The van der Waals surface area contributed by atoms with Crippen LogP contribution in [0.3, 0.4) is 0 Å². The van der Waals surface area contributed by atoms with Crippen LogP contribution in [0.2, 0.25) is 0 Å². The lowest BCUT2D eigenvalue weighted by Gasteiger charge is -2.49. The molecule has 0 unspecified atom stereocenters. The predicted molar refractivity (Wildman–Crippen MR) is 71.5 cm³/mol. The molecule has 0 aliphatic heterocycles. The third-order valence-electron chi connectivity index (χ3n) is 2.72. The monoisotopic (exact) mass is 265 g/mol. The zero-order valence-electron chi connectivity index (χ0n) is 11.9. The Balaban J connectivity index is 0.000000437. The molecule has 3 N–H and O–H groups in total. The maximum Gasteiger partial charge on any atom is 0.261 e. The normalized spacial score (nSPS) is 25.6. The lowest BCUT2D eigenvalue weighted by molar-refractivity contribution is 0.0574. The number of hydrogen-bond acceptors (Lipinski definition) is 3. The van der Waals surface area contributed by atoms with Crippen molar-refractivity contribution in [3.63, 3.8) is 0 Å². The molecule has 0 spiro atoms. The van der Waals surface area contributed by atoms with Gasteiger partial charge < -0.3 is 5.73 Å². The molecule has 4 nitrogen and oxygen atoms in total. The summed E-state index contributed by atoms with van der Waals surface area (Å²) in [7, 11) is -3.67. The predicted octanol–water partition coefficient (Wildman–Crippen LogP) is 2.44. The fourth-order valence-corrected chi connectivity index (χ4v) is 3.67.